The number of nitrogens with zero attached hydrogens (tertiary/aromatic N) is 4. The SMILES string of the molecule is CN(C(=O)OCCSc1cccc2nccn12)c1ccncc1. The van der Waals surface area contributed by atoms with Gasteiger partial charge in [0.15, 0.2) is 0 Å². The Morgan fingerprint density at radius 3 is 2.91 bits per heavy atom. The number of thioether (sulfide) groups is 1. The molecule has 3 aromatic heterocycles. The highest BCUT2D eigenvalue weighted by Crippen LogP contribution is 2.19. The summed E-state index contributed by atoms with van der Waals surface area (Å²) in [5, 5.41) is 1.07. The number of amides is 1. The lowest BCUT2D eigenvalue weighted by atomic mass is 10.4. The number of rotatable bonds is 5. The molecule has 0 saturated heterocycles. The smallest absolute Gasteiger partial charge is 0.414 e. The fraction of sp³-hybridized carbons (Fsp3) is 0.188. The van der Waals surface area contributed by atoms with Gasteiger partial charge < -0.3 is 4.74 Å². The topological polar surface area (TPSA) is 59.7 Å². The summed E-state index contributed by atoms with van der Waals surface area (Å²) in [7, 11) is 1.68. The zero-order chi connectivity index (χ0) is 16.1. The van der Waals surface area contributed by atoms with Crippen LogP contribution in [-0.4, -0.2) is 39.9 Å². The molecule has 3 aromatic rings. The molecule has 0 aliphatic carbocycles. The summed E-state index contributed by atoms with van der Waals surface area (Å²) in [4.78, 5) is 21.6. The zero-order valence-corrected chi connectivity index (χ0v) is 13.4. The molecule has 0 N–H and O–H groups in total. The maximum atomic E-state index is 12.0. The van der Waals surface area contributed by atoms with Crippen molar-refractivity contribution in [1.29, 1.82) is 0 Å². The number of carbonyl (C=O) groups excluding carboxylic acids is 1. The number of ether oxygens (including phenoxy) is 1. The Kier molecular flexibility index (Phi) is 4.77. The molecule has 6 nitrogen and oxygen atoms in total. The zero-order valence-electron chi connectivity index (χ0n) is 12.6. The van der Waals surface area contributed by atoms with Gasteiger partial charge in [-0.25, -0.2) is 9.78 Å². The van der Waals surface area contributed by atoms with Gasteiger partial charge in [-0.2, -0.15) is 0 Å². The highest BCUT2D eigenvalue weighted by Gasteiger charge is 2.11. The number of hydrogen-bond donors (Lipinski definition) is 0. The van der Waals surface area contributed by atoms with Gasteiger partial charge in [0.1, 0.15) is 12.3 Å². The largest absolute Gasteiger partial charge is 0.448 e. The van der Waals surface area contributed by atoms with Gasteiger partial charge in [-0.1, -0.05) is 6.07 Å². The van der Waals surface area contributed by atoms with Crippen LogP contribution in [0.25, 0.3) is 5.65 Å². The minimum absolute atomic E-state index is 0.337. The van der Waals surface area contributed by atoms with Gasteiger partial charge in [0, 0.05) is 43.3 Å². The second-order valence-corrected chi connectivity index (χ2v) is 5.86. The number of pyridine rings is 2. The summed E-state index contributed by atoms with van der Waals surface area (Å²) in [6.07, 6.45) is 6.59. The molecular weight excluding hydrogens is 312 g/mol. The summed E-state index contributed by atoms with van der Waals surface area (Å²) >= 11 is 1.62. The number of hydrogen-bond acceptors (Lipinski definition) is 5. The molecule has 0 aromatic carbocycles. The predicted octanol–water partition coefficient (Wildman–Crippen LogP) is 3.09. The first-order valence-corrected chi connectivity index (χ1v) is 8.09. The molecule has 0 aliphatic rings. The molecule has 0 bridgehead atoms. The second-order valence-electron chi connectivity index (χ2n) is 4.75. The lowest BCUT2D eigenvalue weighted by Gasteiger charge is -2.16. The van der Waals surface area contributed by atoms with Crippen molar-refractivity contribution in [3.05, 3.63) is 55.1 Å². The van der Waals surface area contributed by atoms with Crippen LogP contribution in [0.5, 0.6) is 0 Å². The molecule has 0 aliphatic heterocycles. The van der Waals surface area contributed by atoms with Gasteiger partial charge in [-0.3, -0.25) is 14.3 Å². The third kappa shape index (κ3) is 3.62. The minimum Gasteiger partial charge on any atom is -0.448 e. The summed E-state index contributed by atoms with van der Waals surface area (Å²) < 4.78 is 7.30. The first-order chi connectivity index (χ1) is 11.3. The maximum absolute atomic E-state index is 12.0. The molecule has 23 heavy (non-hydrogen) atoms. The van der Waals surface area contributed by atoms with Gasteiger partial charge >= 0.3 is 6.09 Å². The van der Waals surface area contributed by atoms with E-state index in [0.29, 0.717) is 12.4 Å². The molecule has 118 valence electrons. The van der Waals surface area contributed by atoms with Crippen molar-refractivity contribution in [2.75, 3.05) is 24.3 Å². The monoisotopic (exact) mass is 328 g/mol. The molecular formula is C16H16N4O2S. The van der Waals surface area contributed by atoms with E-state index in [4.69, 9.17) is 4.74 Å². The lowest BCUT2D eigenvalue weighted by molar-refractivity contribution is 0.162. The second kappa shape index (κ2) is 7.15. The number of imidazole rings is 1. The molecule has 7 heteroatoms. The van der Waals surface area contributed by atoms with Gasteiger partial charge in [0.2, 0.25) is 0 Å². The molecule has 0 fully saturated rings. The summed E-state index contributed by atoms with van der Waals surface area (Å²) in [5.74, 6) is 0.674. The third-order valence-electron chi connectivity index (χ3n) is 3.27. The standard InChI is InChI=1S/C16H16N4O2S/c1-19(13-5-7-17-8-6-13)16(21)22-11-12-23-15-4-2-3-14-18-9-10-20(14)15/h2-10H,11-12H2,1H3. The molecule has 0 radical (unpaired) electrons. The van der Waals surface area contributed by atoms with Crippen LogP contribution in [0.1, 0.15) is 0 Å². The van der Waals surface area contributed by atoms with E-state index in [-0.39, 0.29) is 6.09 Å². The molecule has 3 rings (SSSR count). The summed E-state index contributed by atoms with van der Waals surface area (Å²) in [6, 6.07) is 9.46. The molecule has 1 amide bonds. The number of carbonyl (C=O) groups is 1. The molecule has 0 atom stereocenters. The first kappa shape index (κ1) is 15.4. The van der Waals surface area contributed by atoms with Gasteiger partial charge in [0.25, 0.3) is 0 Å². The summed E-state index contributed by atoms with van der Waals surface area (Å²) in [5.41, 5.74) is 1.66. The van der Waals surface area contributed by atoms with Crippen LogP contribution in [0.15, 0.2) is 60.1 Å². The quantitative estimate of drug-likeness (QED) is 0.532. The summed E-state index contributed by atoms with van der Waals surface area (Å²) in [6.45, 7) is 0.337. The fourth-order valence-corrected chi connectivity index (χ4v) is 2.93. The average molecular weight is 328 g/mol. The van der Waals surface area contributed by atoms with Crippen LogP contribution in [0.4, 0.5) is 10.5 Å². The molecule has 0 spiro atoms. The predicted molar refractivity (Wildman–Crippen MR) is 89.9 cm³/mol. The number of aromatic nitrogens is 3. The average Bonchev–Trinajstić information content (AvgIpc) is 3.08. The minimum atomic E-state index is -0.377. The van der Waals surface area contributed by atoms with Gasteiger partial charge in [-0.05, 0) is 24.3 Å². The van der Waals surface area contributed by atoms with Gasteiger partial charge in [-0.15, -0.1) is 11.8 Å². The van der Waals surface area contributed by atoms with E-state index in [9.17, 15) is 4.79 Å². The number of fused-ring (bicyclic) bond motifs is 1. The third-order valence-corrected chi connectivity index (χ3v) is 4.27. The highest BCUT2D eigenvalue weighted by molar-refractivity contribution is 7.99. The van der Waals surface area contributed by atoms with Crippen LogP contribution in [-0.2, 0) is 4.74 Å². The van der Waals surface area contributed by atoms with E-state index < -0.39 is 0 Å². The van der Waals surface area contributed by atoms with E-state index in [1.807, 2.05) is 28.8 Å². The van der Waals surface area contributed by atoms with E-state index in [0.717, 1.165) is 16.4 Å². The highest BCUT2D eigenvalue weighted by atomic mass is 32.2. The van der Waals surface area contributed by atoms with Crippen LogP contribution < -0.4 is 4.90 Å². The molecule has 3 heterocycles. The molecule has 0 unspecified atom stereocenters. The van der Waals surface area contributed by atoms with Crippen LogP contribution in [0.2, 0.25) is 0 Å². The van der Waals surface area contributed by atoms with E-state index in [1.54, 1.807) is 49.5 Å². The van der Waals surface area contributed by atoms with E-state index >= 15 is 0 Å². The maximum Gasteiger partial charge on any atom is 0.414 e. The Morgan fingerprint density at radius 1 is 1.26 bits per heavy atom. The lowest BCUT2D eigenvalue weighted by Crippen LogP contribution is -2.27. The fourth-order valence-electron chi connectivity index (χ4n) is 2.08. The Morgan fingerprint density at radius 2 is 2.09 bits per heavy atom. The van der Waals surface area contributed by atoms with Crippen LogP contribution in [0, 0.1) is 0 Å². The Hall–Kier alpha value is -2.54. The van der Waals surface area contributed by atoms with E-state index in [1.165, 1.54) is 4.90 Å². The van der Waals surface area contributed by atoms with Crippen molar-refractivity contribution in [3.63, 3.8) is 0 Å². The van der Waals surface area contributed by atoms with Crippen molar-refractivity contribution < 1.29 is 9.53 Å². The van der Waals surface area contributed by atoms with Crippen molar-refractivity contribution >= 4 is 29.2 Å². The van der Waals surface area contributed by atoms with Crippen molar-refractivity contribution in [2.45, 2.75) is 5.03 Å². The number of anilines is 1. The van der Waals surface area contributed by atoms with Crippen molar-refractivity contribution in [3.8, 4) is 0 Å². The van der Waals surface area contributed by atoms with Crippen molar-refractivity contribution in [1.82, 2.24) is 14.4 Å². The Labute approximate surface area is 138 Å². The Balaban J connectivity index is 1.50. The van der Waals surface area contributed by atoms with Gasteiger partial charge in [0.05, 0.1) is 5.03 Å². The van der Waals surface area contributed by atoms with Crippen LogP contribution >= 0.6 is 11.8 Å². The van der Waals surface area contributed by atoms with Crippen molar-refractivity contribution in [2.24, 2.45) is 0 Å². The molecule has 0 saturated carbocycles. The van der Waals surface area contributed by atoms with E-state index in [2.05, 4.69) is 9.97 Å². The van der Waals surface area contributed by atoms with Crippen LogP contribution in [0.3, 0.4) is 0 Å². The Bertz CT molecular complexity index is 791. The first-order valence-electron chi connectivity index (χ1n) is 7.11. The normalized spacial score (nSPS) is 10.7.